The zero-order valence-corrected chi connectivity index (χ0v) is 7.82. The van der Waals surface area contributed by atoms with Gasteiger partial charge < -0.3 is 10.1 Å². The molecule has 1 N–H and O–H groups in total. The quantitative estimate of drug-likeness (QED) is 0.770. The lowest BCUT2D eigenvalue weighted by atomic mass is 10.1. The minimum absolute atomic E-state index is 0.333. The first-order valence-corrected chi connectivity index (χ1v) is 4.78. The van der Waals surface area contributed by atoms with Crippen molar-refractivity contribution in [1.82, 2.24) is 10.3 Å². The van der Waals surface area contributed by atoms with E-state index in [0.717, 1.165) is 6.54 Å². The van der Waals surface area contributed by atoms with Crippen LogP contribution in [0.4, 0.5) is 4.39 Å². The predicted octanol–water partition coefficient (Wildman–Crippen LogP) is 1.16. The summed E-state index contributed by atoms with van der Waals surface area (Å²) in [6.45, 7) is 1.19. The van der Waals surface area contributed by atoms with Gasteiger partial charge in [-0.25, -0.2) is 4.39 Å². The van der Waals surface area contributed by atoms with Crippen molar-refractivity contribution < 1.29 is 9.13 Å². The lowest BCUT2D eigenvalue weighted by Crippen LogP contribution is -2.44. The minimum Gasteiger partial charge on any atom is -0.486 e. The van der Waals surface area contributed by atoms with Crippen molar-refractivity contribution in [3.8, 4) is 5.75 Å². The van der Waals surface area contributed by atoms with Crippen molar-refractivity contribution in [2.24, 2.45) is 0 Å². The van der Waals surface area contributed by atoms with Gasteiger partial charge in [0, 0.05) is 12.7 Å². The average Bonchev–Trinajstić information content (AvgIpc) is 2.23. The number of hydrogen-bond acceptors (Lipinski definition) is 3. The van der Waals surface area contributed by atoms with Crippen LogP contribution in [-0.2, 0) is 0 Å². The summed E-state index contributed by atoms with van der Waals surface area (Å²) in [5, 5.41) is 2.98. The van der Waals surface area contributed by atoms with E-state index in [1.165, 1.54) is 0 Å². The summed E-state index contributed by atoms with van der Waals surface area (Å²) < 4.78 is 18.8. The molecular weight excluding hydrogens is 183 g/mol. The summed E-state index contributed by atoms with van der Waals surface area (Å²) in [4.78, 5) is 3.91. The van der Waals surface area contributed by atoms with Crippen LogP contribution in [0.3, 0.4) is 0 Å². The number of nitrogens with one attached hydrogen (secondary N) is 1. The zero-order chi connectivity index (χ0) is 9.80. The van der Waals surface area contributed by atoms with Crippen molar-refractivity contribution in [3.63, 3.8) is 0 Å². The molecule has 0 radical (unpaired) electrons. The van der Waals surface area contributed by atoms with Gasteiger partial charge in [0.15, 0.2) is 0 Å². The first kappa shape index (κ1) is 9.40. The Morgan fingerprint density at radius 2 is 2.50 bits per heavy atom. The normalized spacial score (nSPS) is 27.2. The molecule has 1 aromatic heterocycles. The van der Waals surface area contributed by atoms with E-state index in [0.29, 0.717) is 18.7 Å². The largest absolute Gasteiger partial charge is 0.486 e. The molecule has 4 heteroatoms. The third-order valence-corrected chi connectivity index (χ3v) is 2.27. The van der Waals surface area contributed by atoms with E-state index < -0.39 is 6.17 Å². The molecule has 0 aliphatic carbocycles. The van der Waals surface area contributed by atoms with Gasteiger partial charge in [-0.05, 0) is 25.1 Å². The van der Waals surface area contributed by atoms with Crippen molar-refractivity contribution >= 4 is 0 Å². The van der Waals surface area contributed by atoms with E-state index in [4.69, 9.17) is 4.74 Å². The topological polar surface area (TPSA) is 34.1 Å². The van der Waals surface area contributed by atoms with Crippen LogP contribution < -0.4 is 10.1 Å². The molecule has 1 unspecified atom stereocenters. The van der Waals surface area contributed by atoms with Gasteiger partial charge in [0.2, 0.25) is 0 Å². The van der Waals surface area contributed by atoms with E-state index >= 15 is 0 Å². The van der Waals surface area contributed by atoms with E-state index in [-0.39, 0.29) is 6.10 Å². The molecule has 3 nitrogen and oxygen atoms in total. The second-order valence-electron chi connectivity index (χ2n) is 3.35. The highest BCUT2D eigenvalue weighted by Gasteiger charge is 2.25. The number of rotatable bonds is 2. The van der Waals surface area contributed by atoms with Crippen LogP contribution >= 0.6 is 0 Å². The number of hydrogen-bond donors (Lipinski definition) is 1. The third kappa shape index (κ3) is 2.20. The van der Waals surface area contributed by atoms with Gasteiger partial charge in [-0.2, -0.15) is 0 Å². The van der Waals surface area contributed by atoms with Crippen LogP contribution in [-0.4, -0.2) is 30.3 Å². The molecule has 2 atom stereocenters. The molecule has 0 bridgehead atoms. The van der Waals surface area contributed by atoms with Crippen molar-refractivity contribution in [1.29, 1.82) is 0 Å². The standard InChI is InChI=1S/C10H13FN2O/c11-9-7-13-5-3-10(9)14-8-2-1-4-12-6-8/h1-2,4,6,9-10,13H,3,5,7H2/t9-,10?/m0/s1. The number of pyridine rings is 1. The minimum atomic E-state index is -0.927. The van der Waals surface area contributed by atoms with Gasteiger partial charge in [-0.1, -0.05) is 0 Å². The SMILES string of the molecule is F[C@H]1CNCCC1Oc1cccnc1. The molecule has 14 heavy (non-hydrogen) atoms. The second kappa shape index (κ2) is 4.37. The van der Waals surface area contributed by atoms with Crippen LogP contribution in [0.15, 0.2) is 24.5 Å². The molecule has 1 aliphatic rings. The molecule has 1 fully saturated rings. The van der Waals surface area contributed by atoms with Gasteiger partial charge in [-0.3, -0.25) is 4.98 Å². The Hall–Kier alpha value is -1.16. The number of alkyl halides is 1. The van der Waals surface area contributed by atoms with Gasteiger partial charge in [0.05, 0.1) is 6.20 Å². The molecule has 0 spiro atoms. The molecule has 1 aromatic rings. The number of aromatic nitrogens is 1. The fraction of sp³-hybridized carbons (Fsp3) is 0.500. The van der Waals surface area contributed by atoms with E-state index in [9.17, 15) is 4.39 Å². The monoisotopic (exact) mass is 196 g/mol. The summed E-state index contributed by atoms with van der Waals surface area (Å²) in [5.74, 6) is 0.641. The fourth-order valence-corrected chi connectivity index (χ4v) is 1.52. The predicted molar refractivity (Wildman–Crippen MR) is 51.0 cm³/mol. The van der Waals surface area contributed by atoms with Crippen molar-refractivity contribution in [2.75, 3.05) is 13.1 Å². The number of ether oxygens (including phenoxy) is 1. The summed E-state index contributed by atoms with van der Waals surface area (Å²) in [6.07, 6.45) is 2.72. The molecule has 76 valence electrons. The Balaban J connectivity index is 1.96. The van der Waals surface area contributed by atoms with Gasteiger partial charge in [-0.15, -0.1) is 0 Å². The van der Waals surface area contributed by atoms with Gasteiger partial charge >= 0.3 is 0 Å². The number of piperidine rings is 1. The molecule has 0 aromatic carbocycles. The van der Waals surface area contributed by atoms with Crippen LogP contribution in [0.2, 0.25) is 0 Å². The van der Waals surface area contributed by atoms with Crippen molar-refractivity contribution in [3.05, 3.63) is 24.5 Å². The summed E-state index contributed by atoms with van der Waals surface area (Å²) in [6, 6.07) is 3.57. The number of halogens is 1. The van der Waals surface area contributed by atoms with Crippen molar-refractivity contribution in [2.45, 2.75) is 18.7 Å². The Morgan fingerprint density at radius 3 is 3.21 bits per heavy atom. The highest BCUT2D eigenvalue weighted by atomic mass is 19.1. The van der Waals surface area contributed by atoms with Crippen LogP contribution in [0.5, 0.6) is 5.75 Å². The van der Waals surface area contributed by atoms with Crippen LogP contribution in [0.25, 0.3) is 0 Å². The second-order valence-corrected chi connectivity index (χ2v) is 3.35. The molecule has 0 saturated carbocycles. The van der Waals surface area contributed by atoms with Gasteiger partial charge in [0.25, 0.3) is 0 Å². The molecule has 2 rings (SSSR count). The Kier molecular flexibility index (Phi) is 2.93. The lowest BCUT2D eigenvalue weighted by Gasteiger charge is -2.27. The highest BCUT2D eigenvalue weighted by molar-refractivity contribution is 5.16. The first-order chi connectivity index (χ1) is 6.86. The van der Waals surface area contributed by atoms with Crippen LogP contribution in [0, 0.1) is 0 Å². The Labute approximate surface area is 82.3 Å². The summed E-state index contributed by atoms with van der Waals surface area (Å²) in [5.41, 5.74) is 0. The maximum atomic E-state index is 13.3. The van der Waals surface area contributed by atoms with E-state index in [1.807, 2.05) is 0 Å². The smallest absolute Gasteiger partial charge is 0.149 e. The maximum Gasteiger partial charge on any atom is 0.149 e. The third-order valence-electron chi connectivity index (χ3n) is 2.27. The Morgan fingerprint density at radius 1 is 1.57 bits per heavy atom. The molecule has 1 aliphatic heterocycles. The first-order valence-electron chi connectivity index (χ1n) is 4.78. The van der Waals surface area contributed by atoms with Gasteiger partial charge in [0.1, 0.15) is 18.0 Å². The van der Waals surface area contributed by atoms with E-state index in [2.05, 4.69) is 10.3 Å². The zero-order valence-electron chi connectivity index (χ0n) is 7.82. The fourth-order valence-electron chi connectivity index (χ4n) is 1.52. The highest BCUT2D eigenvalue weighted by Crippen LogP contribution is 2.16. The maximum absolute atomic E-state index is 13.3. The lowest BCUT2D eigenvalue weighted by molar-refractivity contribution is 0.0728. The van der Waals surface area contributed by atoms with Crippen LogP contribution in [0.1, 0.15) is 6.42 Å². The summed E-state index contributed by atoms with van der Waals surface area (Å²) >= 11 is 0. The van der Waals surface area contributed by atoms with E-state index in [1.54, 1.807) is 24.5 Å². The molecule has 0 amide bonds. The number of nitrogens with zero attached hydrogens (tertiary/aromatic N) is 1. The summed E-state index contributed by atoms with van der Waals surface area (Å²) in [7, 11) is 0. The Bertz CT molecular complexity index is 281. The molecular formula is C10H13FN2O. The average molecular weight is 196 g/mol. The molecule has 2 heterocycles. The molecule has 1 saturated heterocycles.